The summed E-state index contributed by atoms with van der Waals surface area (Å²) in [5.41, 5.74) is 6.01. The zero-order valence-corrected chi connectivity index (χ0v) is 14.8. The van der Waals surface area contributed by atoms with E-state index in [1.54, 1.807) is 23.0 Å². The number of carbonyl (C=O) groups excluding carboxylic acids is 1. The molecule has 2 N–H and O–H groups in total. The van der Waals surface area contributed by atoms with Crippen LogP contribution in [0.1, 0.15) is 12.2 Å². The number of amides is 1. The molecule has 3 aromatic heterocycles. The molecule has 0 radical (unpaired) electrons. The topological polar surface area (TPSA) is 87.2 Å². The molecule has 0 fully saturated rings. The van der Waals surface area contributed by atoms with Crippen molar-refractivity contribution < 1.29 is 9.53 Å². The van der Waals surface area contributed by atoms with Gasteiger partial charge in [-0.15, -0.1) is 22.7 Å². The second kappa shape index (κ2) is 7.25. The molecule has 0 aliphatic rings. The number of hydrogen-bond acceptors (Lipinski definition) is 6. The number of rotatable bonds is 7. The molecular weight excluding hydrogens is 346 g/mol. The van der Waals surface area contributed by atoms with E-state index in [9.17, 15) is 9.59 Å². The van der Waals surface area contributed by atoms with E-state index in [4.69, 9.17) is 10.5 Å². The molecule has 3 heterocycles. The molecule has 0 aromatic carbocycles. The van der Waals surface area contributed by atoms with Crippen molar-refractivity contribution in [2.45, 2.75) is 19.4 Å². The van der Waals surface area contributed by atoms with Crippen LogP contribution in [-0.4, -0.2) is 29.2 Å². The van der Waals surface area contributed by atoms with Gasteiger partial charge >= 0.3 is 0 Å². The van der Waals surface area contributed by atoms with Gasteiger partial charge < -0.3 is 10.5 Å². The number of ether oxygens (including phenoxy) is 1. The highest BCUT2D eigenvalue weighted by Gasteiger charge is 2.17. The number of nitrogens with zero attached hydrogens (tertiary/aromatic N) is 2. The fraction of sp³-hybridized carbons (Fsp3) is 0.312. The SMILES string of the molecule is COCCc1nc2scc(-c3cccs3)c2c(=O)n1CCC(N)=O. The van der Waals surface area contributed by atoms with Gasteiger partial charge in [0, 0.05) is 42.3 Å². The summed E-state index contributed by atoms with van der Waals surface area (Å²) < 4.78 is 6.65. The van der Waals surface area contributed by atoms with Crippen LogP contribution in [0.5, 0.6) is 0 Å². The highest BCUT2D eigenvalue weighted by molar-refractivity contribution is 7.18. The van der Waals surface area contributed by atoms with E-state index in [1.807, 2.05) is 22.9 Å². The number of aromatic nitrogens is 2. The van der Waals surface area contributed by atoms with Gasteiger partial charge in [0.15, 0.2) is 0 Å². The largest absolute Gasteiger partial charge is 0.384 e. The first-order chi connectivity index (χ1) is 11.6. The predicted molar refractivity (Wildman–Crippen MR) is 96.6 cm³/mol. The second-order valence-electron chi connectivity index (χ2n) is 5.25. The Morgan fingerprint density at radius 3 is 2.92 bits per heavy atom. The lowest BCUT2D eigenvalue weighted by Crippen LogP contribution is -2.28. The molecule has 6 nitrogen and oxygen atoms in total. The van der Waals surface area contributed by atoms with E-state index in [2.05, 4.69) is 4.98 Å². The van der Waals surface area contributed by atoms with Gasteiger partial charge in [-0.25, -0.2) is 4.98 Å². The smallest absolute Gasteiger partial charge is 0.262 e. The van der Waals surface area contributed by atoms with Gasteiger partial charge in [0.2, 0.25) is 5.91 Å². The summed E-state index contributed by atoms with van der Waals surface area (Å²) in [6.45, 7) is 0.688. The molecule has 3 aromatic rings. The first-order valence-corrected chi connectivity index (χ1v) is 9.19. The highest BCUT2D eigenvalue weighted by atomic mass is 32.1. The molecule has 126 valence electrons. The zero-order valence-electron chi connectivity index (χ0n) is 13.2. The maximum atomic E-state index is 13.0. The van der Waals surface area contributed by atoms with Crippen molar-refractivity contribution in [1.82, 2.24) is 9.55 Å². The van der Waals surface area contributed by atoms with Gasteiger partial charge in [0.05, 0.1) is 12.0 Å². The Morgan fingerprint density at radius 1 is 1.42 bits per heavy atom. The summed E-state index contributed by atoms with van der Waals surface area (Å²) in [7, 11) is 1.60. The standard InChI is InChI=1S/C16H17N3O3S2/c1-22-7-5-13-18-15-14(16(21)19(13)6-4-12(17)20)10(9-24-15)11-3-2-8-23-11/h2-3,8-9H,4-7H2,1H3,(H2,17,20). The van der Waals surface area contributed by atoms with E-state index in [0.29, 0.717) is 29.1 Å². The molecule has 0 spiro atoms. The van der Waals surface area contributed by atoms with E-state index in [-0.39, 0.29) is 18.5 Å². The molecule has 8 heteroatoms. The maximum Gasteiger partial charge on any atom is 0.262 e. The van der Waals surface area contributed by atoms with Crippen LogP contribution >= 0.6 is 22.7 Å². The molecule has 0 saturated heterocycles. The number of thiophene rings is 2. The number of carbonyl (C=O) groups is 1. The number of primary amides is 1. The van der Waals surface area contributed by atoms with Crippen LogP contribution in [0.15, 0.2) is 27.7 Å². The number of methoxy groups -OCH3 is 1. The van der Waals surface area contributed by atoms with Gasteiger partial charge in [-0.3, -0.25) is 14.2 Å². The molecule has 1 amide bonds. The molecule has 0 aliphatic carbocycles. The monoisotopic (exact) mass is 363 g/mol. The first kappa shape index (κ1) is 16.8. The van der Waals surface area contributed by atoms with Gasteiger partial charge in [-0.1, -0.05) is 6.07 Å². The predicted octanol–water partition coefficient (Wildman–Crippen LogP) is 2.25. The minimum Gasteiger partial charge on any atom is -0.384 e. The van der Waals surface area contributed by atoms with Crippen LogP contribution in [0.3, 0.4) is 0 Å². The van der Waals surface area contributed by atoms with Crippen molar-refractivity contribution in [3.05, 3.63) is 39.1 Å². The van der Waals surface area contributed by atoms with E-state index in [1.165, 1.54) is 11.3 Å². The van der Waals surface area contributed by atoms with Crippen LogP contribution in [0.4, 0.5) is 0 Å². The molecule has 0 aliphatic heterocycles. The van der Waals surface area contributed by atoms with E-state index in [0.717, 1.165) is 10.4 Å². The summed E-state index contributed by atoms with van der Waals surface area (Å²) in [5, 5.41) is 4.54. The minimum atomic E-state index is -0.441. The summed E-state index contributed by atoms with van der Waals surface area (Å²) in [6.07, 6.45) is 0.609. The van der Waals surface area contributed by atoms with Gasteiger partial charge in [0.25, 0.3) is 5.56 Å². The number of fused-ring (bicyclic) bond motifs is 1. The average Bonchev–Trinajstić information content (AvgIpc) is 3.20. The summed E-state index contributed by atoms with van der Waals surface area (Å²) in [4.78, 5) is 30.6. The normalized spacial score (nSPS) is 11.2. The summed E-state index contributed by atoms with van der Waals surface area (Å²) >= 11 is 3.04. The van der Waals surface area contributed by atoms with E-state index >= 15 is 0 Å². The molecule has 3 rings (SSSR count). The Kier molecular flexibility index (Phi) is 5.08. The minimum absolute atomic E-state index is 0.103. The third-order valence-electron chi connectivity index (χ3n) is 3.67. The Morgan fingerprint density at radius 2 is 2.25 bits per heavy atom. The molecule has 0 saturated carbocycles. The summed E-state index contributed by atoms with van der Waals surface area (Å²) in [6, 6.07) is 3.94. The van der Waals surface area contributed by atoms with Crippen molar-refractivity contribution in [2.75, 3.05) is 13.7 Å². The van der Waals surface area contributed by atoms with Crippen LogP contribution in [0, 0.1) is 0 Å². The molecular formula is C16H17N3O3S2. The fourth-order valence-electron chi connectivity index (χ4n) is 2.52. The van der Waals surface area contributed by atoms with Gasteiger partial charge in [-0.2, -0.15) is 0 Å². The van der Waals surface area contributed by atoms with Crippen molar-refractivity contribution >= 4 is 38.8 Å². The lowest BCUT2D eigenvalue weighted by Gasteiger charge is -2.11. The Bertz CT molecular complexity index is 913. The Balaban J connectivity index is 2.16. The molecule has 24 heavy (non-hydrogen) atoms. The first-order valence-electron chi connectivity index (χ1n) is 7.44. The Hall–Kier alpha value is -2.03. The lowest BCUT2D eigenvalue weighted by atomic mass is 10.2. The van der Waals surface area contributed by atoms with Crippen LogP contribution in [0.25, 0.3) is 20.7 Å². The molecule has 0 bridgehead atoms. The fourth-order valence-corrected chi connectivity index (χ4v) is 4.29. The van der Waals surface area contributed by atoms with Crippen LogP contribution < -0.4 is 11.3 Å². The van der Waals surface area contributed by atoms with Crippen LogP contribution in [0.2, 0.25) is 0 Å². The third-order valence-corrected chi connectivity index (χ3v) is 5.45. The van der Waals surface area contributed by atoms with Crippen molar-refractivity contribution in [3.8, 4) is 10.4 Å². The van der Waals surface area contributed by atoms with E-state index < -0.39 is 5.91 Å². The van der Waals surface area contributed by atoms with Gasteiger partial charge in [-0.05, 0) is 11.4 Å². The molecule has 0 atom stereocenters. The van der Waals surface area contributed by atoms with Crippen molar-refractivity contribution in [1.29, 1.82) is 0 Å². The van der Waals surface area contributed by atoms with Crippen LogP contribution in [-0.2, 0) is 22.5 Å². The maximum absolute atomic E-state index is 13.0. The Labute approximate surface area is 146 Å². The second-order valence-corrected chi connectivity index (χ2v) is 7.06. The average molecular weight is 363 g/mol. The van der Waals surface area contributed by atoms with Crippen molar-refractivity contribution in [2.24, 2.45) is 5.73 Å². The quantitative estimate of drug-likeness (QED) is 0.697. The molecule has 0 unspecified atom stereocenters. The third kappa shape index (κ3) is 3.26. The highest BCUT2D eigenvalue weighted by Crippen LogP contribution is 2.33. The number of hydrogen-bond donors (Lipinski definition) is 1. The van der Waals surface area contributed by atoms with Gasteiger partial charge in [0.1, 0.15) is 10.7 Å². The zero-order chi connectivity index (χ0) is 17.1. The summed E-state index contributed by atoms with van der Waals surface area (Å²) in [5.74, 6) is 0.179. The van der Waals surface area contributed by atoms with Crippen molar-refractivity contribution in [3.63, 3.8) is 0 Å². The lowest BCUT2D eigenvalue weighted by molar-refractivity contribution is -0.118. The number of nitrogens with two attached hydrogens (primary N) is 1.